The van der Waals surface area contributed by atoms with Gasteiger partial charge in [-0.3, -0.25) is 9.78 Å². The number of carbonyl (C=O) groups excluding carboxylic acids is 1. The lowest BCUT2D eigenvalue weighted by molar-refractivity contribution is 0.102. The molecule has 0 unspecified atom stereocenters. The number of aromatic nitrogens is 3. The van der Waals surface area contributed by atoms with Crippen LogP contribution in [-0.4, -0.2) is 20.9 Å². The van der Waals surface area contributed by atoms with E-state index in [1.165, 1.54) is 0 Å². The van der Waals surface area contributed by atoms with Gasteiger partial charge in [-0.15, -0.1) is 0 Å². The lowest BCUT2D eigenvalue weighted by atomic mass is 10.1. The zero-order valence-corrected chi connectivity index (χ0v) is 18.0. The van der Waals surface area contributed by atoms with Gasteiger partial charge in [0.25, 0.3) is 5.91 Å². The summed E-state index contributed by atoms with van der Waals surface area (Å²) in [5.41, 5.74) is 5.55. The van der Waals surface area contributed by atoms with Crippen LogP contribution in [0.15, 0.2) is 110 Å². The second kappa shape index (κ2) is 10.2. The van der Waals surface area contributed by atoms with E-state index >= 15 is 0 Å². The molecular formula is C27H23N5O. The highest BCUT2D eigenvalue weighted by Crippen LogP contribution is 2.19. The molecule has 0 saturated carbocycles. The van der Waals surface area contributed by atoms with E-state index in [1.807, 2.05) is 54.6 Å². The number of allylic oxidation sites excluding steroid dienone is 1. The fraction of sp³-hybridized carbons (Fsp3) is 0.0370. The minimum absolute atomic E-state index is 0.184. The molecule has 6 nitrogen and oxygen atoms in total. The molecule has 2 heterocycles. The molecule has 0 atom stereocenters. The number of anilines is 2. The maximum atomic E-state index is 12.7. The van der Waals surface area contributed by atoms with Gasteiger partial charge in [-0.25, -0.2) is 9.97 Å². The van der Waals surface area contributed by atoms with Gasteiger partial charge < -0.3 is 10.6 Å². The van der Waals surface area contributed by atoms with Crippen LogP contribution in [0, 0.1) is 0 Å². The molecule has 0 fully saturated rings. The Hall–Kier alpha value is -4.58. The Morgan fingerprint density at radius 3 is 2.45 bits per heavy atom. The van der Waals surface area contributed by atoms with E-state index in [0.29, 0.717) is 29.2 Å². The largest absolute Gasteiger partial charge is 0.356 e. The summed E-state index contributed by atoms with van der Waals surface area (Å²) >= 11 is 0. The lowest BCUT2D eigenvalue weighted by Gasteiger charge is -2.10. The van der Waals surface area contributed by atoms with E-state index in [9.17, 15) is 4.79 Å². The highest BCUT2D eigenvalue weighted by Gasteiger charge is 2.08. The first-order valence-electron chi connectivity index (χ1n) is 10.4. The molecule has 33 heavy (non-hydrogen) atoms. The maximum absolute atomic E-state index is 12.7. The Kier molecular flexibility index (Phi) is 6.66. The molecule has 2 aromatic heterocycles. The average molecular weight is 434 g/mol. The Balaban J connectivity index is 1.41. The lowest BCUT2D eigenvalue weighted by Crippen LogP contribution is -2.12. The van der Waals surface area contributed by atoms with Gasteiger partial charge in [0.1, 0.15) is 5.82 Å². The summed E-state index contributed by atoms with van der Waals surface area (Å²) in [5.74, 6) is 0.523. The van der Waals surface area contributed by atoms with Gasteiger partial charge in [0.05, 0.1) is 5.69 Å². The number of nitrogens with zero attached hydrogens (tertiary/aromatic N) is 3. The third kappa shape index (κ3) is 5.77. The van der Waals surface area contributed by atoms with Crippen LogP contribution >= 0.6 is 0 Å². The average Bonchev–Trinajstić information content (AvgIpc) is 2.85. The fourth-order valence-electron chi connectivity index (χ4n) is 3.23. The zero-order chi connectivity index (χ0) is 23.0. The highest BCUT2D eigenvalue weighted by atomic mass is 16.1. The van der Waals surface area contributed by atoms with E-state index in [0.717, 1.165) is 22.5 Å². The van der Waals surface area contributed by atoms with Crippen LogP contribution in [0.5, 0.6) is 0 Å². The van der Waals surface area contributed by atoms with Crippen LogP contribution < -0.4 is 10.6 Å². The summed E-state index contributed by atoms with van der Waals surface area (Å²) < 4.78 is 0. The van der Waals surface area contributed by atoms with Crippen molar-refractivity contribution in [3.8, 4) is 11.3 Å². The quantitative estimate of drug-likeness (QED) is 0.359. The van der Waals surface area contributed by atoms with Gasteiger partial charge in [-0.1, -0.05) is 31.4 Å². The van der Waals surface area contributed by atoms with E-state index in [1.54, 1.807) is 36.8 Å². The summed E-state index contributed by atoms with van der Waals surface area (Å²) in [6.45, 7) is 7.51. The van der Waals surface area contributed by atoms with Crippen molar-refractivity contribution in [2.24, 2.45) is 0 Å². The number of carbonyl (C=O) groups is 1. The minimum atomic E-state index is -0.184. The highest BCUT2D eigenvalue weighted by molar-refractivity contribution is 6.04. The Morgan fingerprint density at radius 2 is 1.73 bits per heavy atom. The van der Waals surface area contributed by atoms with Crippen molar-refractivity contribution in [3.63, 3.8) is 0 Å². The minimum Gasteiger partial charge on any atom is -0.356 e. The molecule has 4 aromatic rings. The molecule has 2 N–H and O–H groups in total. The van der Waals surface area contributed by atoms with Gasteiger partial charge in [-0.05, 0) is 60.2 Å². The van der Waals surface area contributed by atoms with Gasteiger partial charge in [0.15, 0.2) is 0 Å². The summed E-state index contributed by atoms with van der Waals surface area (Å²) in [6.07, 6.45) is 7.46. The molecule has 0 aliphatic rings. The monoisotopic (exact) mass is 433 g/mol. The first-order chi connectivity index (χ1) is 16.1. The molecule has 0 saturated heterocycles. The molecule has 4 rings (SSSR count). The van der Waals surface area contributed by atoms with E-state index in [-0.39, 0.29) is 5.91 Å². The number of nitrogens with one attached hydrogen (secondary N) is 2. The Labute approximate surface area is 192 Å². The molecule has 0 aliphatic carbocycles. The topological polar surface area (TPSA) is 79.8 Å². The number of benzene rings is 2. The van der Waals surface area contributed by atoms with Crippen LogP contribution in [0.25, 0.3) is 11.3 Å². The number of amides is 1. The number of pyridine rings is 1. The van der Waals surface area contributed by atoms with Crippen molar-refractivity contribution in [1.82, 2.24) is 15.0 Å². The molecule has 0 aliphatic heterocycles. The van der Waals surface area contributed by atoms with Crippen LogP contribution in [0.4, 0.5) is 11.4 Å². The number of hydrogen-bond acceptors (Lipinski definition) is 5. The SMILES string of the molecule is C=CC(=C)Nc1cccc(NC(=O)c2ccc(Cc3nccc(-c4cccnc4)n3)cc2)c1. The van der Waals surface area contributed by atoms with Crippen LogP contribution in [-0.2, 0) is 6.42 Å². The van der Waals surface area contributed by atoms with Crippen LogP contribution in [0.3, 0.4) is 0 Å². The summed E-state index contributed by atoms with van der Waals surface area (Å²) in [7, 11) is 0. The second-order valence-electron chi connectivity index (χ2n) is 7.36. The second-order valence-corrected chi connectivity index (χ2v) is 7.36. The molecule has 162 valence electrons. The molecule has 1 amide bonds. The molecule has 0 radical (unpaired) electrons. The van der Waals surface area contributed by atoms with Gasteiger partial charge in [0.2, 0.25) is 0 Å². The predicted molar refractivity (Wildman–Crippen MR) is 132 cm³/mol. The third-order valence-corrected chi connectivity index (χ3v) is 4.91. The van der Waals surface area contributed by atoms with Gasteiger partial charge in [0, 0.05) is 53.2 Å². The van der Waals surface area contributed by atoms with Crippen molar-refractivity contribution >= 4 is 17.3 Å². The molecule has 2 aromatic carbocycles. The van der Waals surface area contributed by atoms with Crippen molar-refractivity contribution in [2.45, 2.75) is 6.42 Å². The standard InChI is InChI=1S/C27H23N5O/c1-3-19(2)30-23-7-4-8-24(17-23)31-27(33)21-11-9-20(10-12-21)16-26-29-15-13-25(32-26)22-6-5-14-28-18-22/h3-15,17-18,30H,1-2,16H2,(H,31,33). The third-order valence-electron chi connectivity index (χ3n) is 4.91. The molecule has 6 heteroatoms. The molecular weight excluding hydrogens is 410 g/mol. The zero-order valence-electron chi connectivity index (χ0n) is 18.0. The maximum Gasteiger partial charge on any atom is 0.255 e. The summed E-state index contributed by atoms with van der Waals surface area (Å²) in [4.78, 5) is 25.8. The predicted octanol–water partition coefficient (Wildman–Crippen LogP) is 5.49. The van der Waals surface area contributed by atoms with E-state index in [4.69, 9.17) is 0 Å². The van der Waals surface area contributed by atoms with Crippen LogP contribution in [0.2, 0.25) is 0 Å². The van der Waals surface area contributed by atoms with Gasteiger partial charge in [-0.2, -0.15) is 0 Å². The van der Waals surface area contributed by atoms with Gasteiger partial charge >= 0.3 is 0 Å². The fourth-order valence-corrected chi connectivity index (χ4v) is 3.23. The molecule has 0 bridgehead atoms. The normalized spacial score (nSPS) is 10.3. The Bertz CT molecular complexity index is 1280. The van der Waals surface area contributed by atoms with E-state index < -0.39 is 0 Å². The summed E-state index contributed by atoms with van der Waals surface area (Å²) in [6, 6.07) is 20.6. The Morgan fingerprint density at radius 1 is 0.939 bits per heavy atom. The first kappa shape index (κ1) is 21.6. The number of rotatable bonds is 8. The van der Waals surface area contributed by atoms with Crippen LogP contribution in [0.1, 0.15) is 21.7 Å². The van der Waals surface area contributed by atoms with Crippen molar-refractivity contribution < 1.29 is 4.79 Å². The van der Waals surface area contributed by atoms with Crippen molar-refractivity contribution in [2.75, 3.05) is 10.6 Å². The smallest absolute Gasteiger partial charge is 0.255 e. The molecule has 0 spiro atoms. The van der Waals surface area contributed by atoms with Crippen molar-refractivity contribution in [3.05, 3.63) is 127 Å². The first-order valence-corrected chi connectivity index (χ1v) is 10.4. The van der Waals surface area contributed by atoms with E-state index in [2.05, 4.69) is 38.7 Å². The number of hydrogen-bond donors (Lipinski definition) is 2. The van der Waals surface area contributed by atoms with Crippen molar-refractivity contribution in [1.29, 1.82) is 0 Å². The summed E-state index contributed by atoms with van der Waals surface area (Å²) in [5, 5.41) is 6.03.